The van der Waals surface area contributed by atoms with Gasteiger partial charge in [-0.05, 0) is 69.0 Å². The lowest BCUT2D eigenvalue weighted by atomic mass is 10.1. The maximum absolute atomic E-state index is 13.6. The van der Waals surface area contributed by atoms with Crippen LogP contribution in [0.5, 0.6) is 0 Å². The number of amides is 2. The van der Waals surface area contributed by atoms with E-state index in [1.807, 2.05) is 30.9 Å². The molecule has 0 spiro atoms. The van der Waals surface area contributed by atoms with Crippen molar-refractivity contribution in [2.75, 3.05) is 6.54 Å². The Kier molecular flexibility index (Phi) is 8.74. The number of benzene rings is 1. The van der Waals surface area contributed by atoms with Crippen molar-refractivity contribution in [3.8, 4) is 0 Å². The molecule has 2 aromatic heterocycles. The smallest absolute Gasteiger partial charge is 0.290 e. The second kappa shape index (κ2) is 11.7. The molecule has 34 heavy (non-hydrogen) atoms. The number of aromatic nitrogens is 1. The summed E-state index contributed by atoms with van der Waals surface area (Å²) >= 11 is 0. The van der Waals surface area contributed by atoms with Crippen LogP contribution in [0.4, 0.5) is 0 Å². The van der Waals surface area contributed by atoms with Gasteiger partial charge in [0.25, 0.3) is 5.91 Å². The van der Waals surface area contributed by atoms with Gasteiger partial charge in [-0.2, -0.15) is 0 Å². The van der Waals surface area contributed by atoms with Crippen LogP contribution in [-0.2, 0) is 17.9 Å². The molecule has 2 atom stereocenters. The van der Waals surface area contributed by atoms with Gasteiger partial charge in [0, 0.05) is 30.5 Å². The summed E-state index contributed by atoms with van der Waals surface area (Å²) in [5.41, 5.74) is 3.58. The van der Waals surface area contributed by atoms with E-state index in [0.29, 0.717) is 6.54 Å². The molecule has 182 valence electrons. The number of carbonyl (C=O) groups is 2. The molecule has 0 aliphatic rings. The summed E-state index contributed by atoms with van der Waals surface area (Å²) in [6.45, 7) is 11.5. The third kappa shape index (κ3) is 5.99. The molecule has 0 bridgehead atoms. The molecule has 2 unspecified atom stereocenters. The zero-order chi connectivity index (χ0) is 24.7. The van der Waals surface area contributed by atoms with Gasteiger partial charge in [-0.1, -0.05) is 38.1 Å². The van der Waals surface area contributed by atoms with Crippen LogP contribution in [0.3, 0.4) is 0 Å². The van der Waals surface area contributed by atoms with Gasteiger partial charge in [0.1, 0.15) is 6.54 Å². The molecule has 0 N–H and O–H groups in total. The first-order valence-electron chi connectivity index (χ1n) is 12.2. The summed E-state index contributed by atoms with van der Waals surface area (Å²) in [6, 6.07) is 15.8. The molecule has 0 aliphatic carbocycles. The standard InChI is InChI=1S/C28H37N3O3/c1-6-22(4)30(19-25-14-10-16-29(25)18-24-13-9-8-12-21(24)3)27(32)20-31(23(5)7-2)28(33)26-15-11-17-34-26/h8-17,22-23H,6-7,18-20H2,1-5H3. The highest BCUT2D eigenvalue weighted by atomic mass is 16.3. The minimum atomic E-state index is -0.250. The van der Waals surface area contributed by atoms with Gasteiger partial charge in [-0.25, -0.2) is 0 Å². The van der Waals surface area contributed by atoms with Gasteiger partial charge >= 0.3 is 0 Å². The van der Waals surface area contributed by atoms with Crippen LogP contribution >= 0.6 is 0 Å². The monoisotopic (exact) mass is 463 g/mol. The van der Waals surface area contributed by atoms with Crippen molar-refractivity contribution in [3.63, 3.8) is 0 Å². The molecular formula is C28H37N3O3. The number of rotatable bonds is 11. The van der Waals surface area contributed by atoms with Gasteiger partial charge in [0.15, 0.2) is 5.76 Å². The number of furan rings is 1. The van der Waals surface area contributed by atoms with Crippen LogP contribution in [0, 0.1) is 6.92 Å². The molecule has 0 saturated carbocycles. The quantitative estimate of drug-likeness (QED) is 0.377. The lowest BCUT2D eigenvalue weighted by Crippen LogP contribution is -2.48. The fourth-order valence-corrected chi connectivity index (χ4v) is 4.03. The van der Waals surface area contributed by atoms with E-state index in [0.717, 1.165) is 25.1 Å². The number of aryl methyl sites for hydroxylation is 1. The predicted octanol–water partition coefficient (Wildman–Crippen LogP) is 5.51. The van der Waals surface area contributed by atoms with E-state index in [9.17, 15) is 9.59 Å². The Morgan fingerprint density at radius 1 is 0.941 bits per heavy atom. The van der Waals surface area contributed by atoms with Crippen LogP contribution in [0.1, 0.15) is 67.9 Å². The predicted molar refractivity (Wildman–Crippen MR) is 135 cm³/mol. The molecule has 0 saturated heterocycles. The molecule has 0 aliphatic heterocycles. The van der Waals surface area contributed by atoms with Gasteiger partial charge in [0.2, 0.25) is 5.91 Å². The minimum Gasteiger partial charge on any atom is -0.459 e. The molecule has 6 heteroatoms. The van der Waals surface area contributed by atoms with Crippen molar-refractivity contribution in [2.24, 2.45) is 0 Å². The lowest BCUT2D eigenvalue weighted by molar-refractivity contribution is -0.135. The van der Waals surface area contributed by atoms with E-state index >= 15 is 0 Å². The highest BCUT2D eigenvalue weighted by molar-refractivity contribution is 5.94. The van der Waals surface area contributed by atoms with Crippen molar-refractivity contribution in [2.45, 2.75) is 72.6 Å². The van der Waals surface area contributed by atoms with Crippen LogP contribution in [0.25, 0.3) is 0 Å². The third-order valence-electron chi connectivity index (χ3n) is 6.72. The molecular weight excluding hydrogens is 426 g/mol. The average molecular weight is 464 g/mol. The zero-order valence-corrected chi connectivity index (χ0v) is 21.0. The summed E-state index contributed by atoms with van der Waals surface area (Å²) in [5.74, 6) is -0.0479. The number of hydrogen-bond acceptors (Lipinski definition) is 3. The van der Waals surface area contributed by atoms with Crippen LogP contribution in [-0.4, -0.2) is 44.8 Å². The first kappa shape index (κ1) is 25.3. The molecule has 6 nitrogen and oxygen atoms in total. The molecule has 2 heterocycles. The lowest BCUT2D eigenvalue weighted by Gasteiger charge is -2.33. The van der Waals surface area contributed by atoms with Crippen molar-refractivity contribution < 1.29 is 14.0 Å². The molecule has 1 aromatic carbocycles. The highest BCUT2D eigenvalue weighted by Gasteiger charge is 2.29. The second-order valence-corrected chi connectivity index (χ2v) is 9.00. The first-order chi connectivity index (χ1) is 16.3. The average Bonchev–Trinajstić information content (AvgIpc) is 3.53. The molecule has 0 radical (unpaired) electrons. The summed E-state index contributed by atoms with van der Waals surface area (Å²) in [5, 5.41) is 0. The fourth-order valence-electron chi connectivity index (χ4n) is 4.03. The van der Waals surface area contributed by atoms with E-state index in [1.54, 1.807) is 17.0 Å². The Morgan fingerprint density at radius 2 is 1.65 bits per heavy atom. The summed E-state index contributed by atoms with van der Waals surface area (Å²) in [7, 11) is 0. The number of nitrogens with zero attached hydrogens (tertiary/aromatic N) is 3. The summed E-state index contributed by atoms with van der Waals surface area (Å²) in [6.07, 6.45) is 5.13. The Morgan fingerprint density at radius 3 is 2.29 bits per heavy atom. The van der Waals surface area contributed by atoms with Crippen LogP contribution in [0.15, 0.2) is 65.4 Å². The Labute approximate surface area is 203 Å². The second-order valence-electron chi connectivity index (χ2n) is 9.00. The van der Waals surface area contributed by atoms with Crippen molar-refractivity contribution in [1.29, 1.82) is 0 Å². The minimum absolute atomic E-state index is 0.0252. The van der Waals surface area contributed by atoms with Gasteiger partial charge < -0.3 is 18.8 Å². The summed E-state index contributed by atoms with van der Waals surface area (Å²) < 4.78 is 7.53. The Balaban J connectivity index is 1.81. The third-order valence-corrected chi connectivity index (χ3v) is 6.72. The first-order valence-corrected chi connectivity index (χ1v) is 12.2. The van der Waals surface area contributed by atoms with Crippen LogP contribution in [0.2, 0.25) is 0 Å². The Bertz CT molecular complexity index is 1070. The highest BCUT2D eigenvalue weighted by Crippen LogP contribution is 2.18. The topological polar surface area (TPSA) is 58.7 Å². The largest absolute Gasteiger partial charge is 0.459 e. The summed E-state index contributed by atoms with van der Waals surface area (Å²) in [4.78, 5) is 30.2. The SMILES string of the molecule is CCC(C)N(Cc1cccn1Cc1ccccc1C)C(=O)CN(C(=O)c1ccco1)C(C)CC. The maximum atomic E-state index is 13.6. The van der Waals surface area contributed by atoms with Crippen molar-refractivity contribution in [3.05, 3.63) is 83.6 Å². The van der Waals surface area contributed by atoms with E-state index in [1.165, 1.54) is 17.4 Å². The van der Waals surface area contributed by atoms with E-state index in [-0.39, 0.29) is 36.2 Å². The normalized spacial score (nSPS) is 12.9. The maximum Gasteiger partial charge on any atom is 0.290 e. The molecule has 3 rings (SSSR count). The van der Waals surface area contributed by atoms with E-state index < -0.39 is 0 Å². The van der Waals surface area contributed by atoms with E-state index in [4.69, 9.17) is 4.42 Å². The van der Waals surface area contributed by atoms with Crippen molar-refractivity contribution in [1.82, 2.24) is 14.4 Å². The molecule has 2 amide bonds. The zero-order valence-electron chi connectivity index (χ0n) is 21.0. The molecule has 0 fully saturated rings. The van der Waals surface area contributed by atoms with Crippen molar-refractivity contribution >= 4 is 11.8 Å². The molecule has 3 aromatic rings. The van der Waals surface area contributed by atoms with Gasteiger partial charge in [0.05, 0.1) is 12.8 Å². The van der Waals surface area contributed by atoms with E-state index in [2.05, 4.69) is 55.8 Å². The van der Waals surface area contributed by atoms with Gasteiger partial charge in [-0.15, -0.1) is 0 Å². The number of hydrogen-bond donors (Lipinski definition) is 0. The fraction of sp³-hybridized carbons (Fsp3) is 0.429. The number of carbonyl (C=O) groups excluding carboxylic acids is 2. The Hall–Kier alpha value is -3.28. The van der Waals surface area contributed by atoms with Gasteiger partial charge in [-0.3, -0.25) is 9.59 Å². The van der Waals surface area contributed by atoms with Crippen LogP contribution < -0.4 is 0 Å².